The third-order valence-electron chi connectivity index (χ3n) is 3.53. The lowest BCUT2D eigenvalue weighted by Gasteiger charge is -2.23. The molecule has 0 aliphatic heterocycles. The Morgan fingerprint density at radius 1 is 1.10 bits per heavy atom. The molecule has 5 nitrogen and oxygen atoms in total. The van der Waals surface area contributed by atoms with Crippen LogP contribution in [-0.2, 0) is 20.2 Å². The van der Waals surface area contributed by atoms with Crippen LogP contribution in [0.25, 0.3) is 0 Å². The zero-order chi connectivity index (χ0) is 15.9. The average Bonchev–Trinajstić information content (AvgIpc) is 2.42. The number of ether oxygens (including phenoxy) is 2. The van der Waals surface area contributed by atoms with Crippen molar-refractivity contribution in [2.45, 2.75) is 32.6 Å². The predicted octanol–water partition coefficient (Wildman–Crippen LogP) is 2.06. The molecule has 6 heteroatoms. The Bertz CT molecular complexity index is 523. The predicted molar refractivity (Wildman–Crippen MR) is 84.0 cm³/mol. The van der Waals surface area contributed by atoms with Gasteiger partial charge in [0, 0.05) is 0 Å². The van der Waals surface area contributed by atoms with E-state index in [1.165, 1.54) is 5.56 Å². The smallest absolute Gasteiger partial charge is 0.211 e. The molecule has 21 heavy (non-hydrogen) atoms. The third kappa shape index (κ3) is 6.93. The second-order valence-corrected chi connectivity index (χ2v) is 7.32. The summed E-state index contributed by atoms with van der Waals surface area (Å²) in [4.78, 5) is 0. The van der Waals surface area contributed by atoms with Crippen molar-refractivity contribution in [3.05, 3.63) is 29.8 Å². The lowest BCUT2D eigenvalue weighted by atomic mass is 9.82. The molecular weight excluding hydrogens is 290 g/mol. The quantitative estimate of drug-likeness (QED) is 0.707. The number of rotatable bonds is 9. The first-order chi connectivity index (χ1) is 9.74. The molecule has 0 aromatic heterocycles. The van der Waals surface area contributed by atoms with Gasteiger partial charge in [-0.25, -0.2) is 13.6 Å². The molecule has 0 saturated heterocycles. The molecule has 0 radical (unpaired) electrons. The Kier molecular flexibility index (Phi) is 6.64. The largest absolute Gasteiger partial charge is 0.491 e. The van der Waals surface area contributed by atoms with Gasteiger partial charge in [0.25, 0.3) is 0 Å². The maximum Gasteiger partial charge on any atom is 0.211 e. The van der Waals surface area contributed by atoms with Crippen LogP contribution in [0.1, 0.15) is 32.8 Å². The first-order valence-electron chi connectivity index (χ1n) is 7.06. The molecule has 1 aromatic carbocycles. The molecule has 0 unspecified atom stereocenters. The fourth-order valence-corrected chi connectivity index (χ4v) is 2.05. The minimum atomic E-state index is -3.45. The molecule has 0 heterocycles. The van der Waals surface area contributed by atoms with Gasteiger partial charge in [0.05, 0.1) is 19.0 Å². The van der Waals surface area contributed by atoms with Crippen molar-refractivity contribution in [2.75, 3.05) is 25.6 Å². The van der Waals surface area contributed by atoms with Crippen molar-refractivity contribution >= 4 is 10.0 Å². The number of benzene rings is 1. The van der Waals surface area contributed by atoms with Gasteiger partial charge in [-0.15, -0.1) is 0 Å². The summed E-state index contributed by atoms with van der Waals surface area (Å²) in [7, 11) is -3.45. The van der Waals surface area contributed by atoms with E-state index < -0.39 is 10.0 Å². The number of sulfonamides is 1. The van der Waals surface area contributed by atoms with Crippen LogP contribution < -0.4 is 9.88 Å². The van der Waals surface area contributed by atoms with E-state index >= 15 is 0 Å². The van der Waals surface area contributed by atoms with E-state index in [0.29, 0.717) is 13.2 Å². The van der Waals surface area contributed by atoms with Crippen molar-refractivity contribution in [1.82, 2.24) is 0 Å². The summed E-state index contributed by atoms with van der Waals surface area (Å²) < 4.78 is 32.1. The highest BCUT2D eigenvalue weighted by Crippen LogP contribution is 2.27. The highest BCUT2D eigenvalue weighted by atomic mass is 32.2. The van der Waals surface area contributed by atoms with Crippen LogP contribution >= 0.6 is 0 Å². The van der Waals surface area contributed by atoms with Gasteiger partial charge in [-0.3, -0.25) is 0 Å². The normalized spacial score (nSPS) is 12.4. The summed E-state index contributed by atoms with van der Waals surface area (Å²) in [5.74, 6) is 0.606. The first-order valence-corrected chi connectivity index (χ1v) is 8.78. The third-order valence-corrected chi connectivity index (χ3v) is 4.26. The standard InChI is InChI=1S/C15H25NO4S/c1-4-15(2,3)13-5-7-14(8-6-13)20-10-9-19-11-12-21(16,17)18/h5-8H,4,9-12H2,1-3H3,(H2,16,17,18). The van der Waals surface area contributed by atoms with Crippen molar-refractivity contribution < 1.29 is 17.9 Å². The topological polar surface area (TPSA) is 78.6 Å². The molecule has 0 amide bonds. The van der Waals surface area contributed by atoms with Crippen molar-refractivity contribution in [3.8, 4) is 5.75 Å². The van der Waals surface area contributed by atoms with Crippen LogP contribution in [0.3, 0.4) is 0 Å². The van der Waals surface area contributed by atoms with Gasteiger partial charge in [0.2, 0.25) is 10.0 Å². The van der Waals surface area contributed by atoms with E-state index in [4.69, 9.17) is 14.6 Å². The molecule has 0 spiro atoms. The van der Waals surface area contributed by atoms with Gasteiger partial charge in [0.1, 0.15) is 12.4 Å². The van der Waals surface area contributed by atoms with Gasteiger partial charge < -0.3 is 9.47 Å². The lowest BCUT2D eigenvalue weighted by molar-refractivity contribution is 0.111. The molecule has 0 saturated carbocycles. The van der Waals surface area contributed by atoms with Crippen LogP contribution in [0.4, 0.5) is 0 Å². The van der Waals surface area contributed by atoms with E-state index in [1.54, 1.807) is 0 Å². The molecule has 0 bridgehead atoms. The van der Waals surface area contributed by atoms with Crippen molar-refractivity contribution in [2.24, 2.45) is 5.14 Å². The SMILES string of the molecule is CCC(C)(C)c1ccc(OCCOCCS(N)(=O)=O)cc1. The van der Waals surface area contributed by atoms with E-state index in [2.05, 4.69) is 32.9 Å². The second kappa shape index (κ2) is 7.77. The lowest BCUT2D eigenvalue weighted by Crippen LogP contribution is -2.21. The summed E-state index contributed by atoms with van der Waals surface area (Å²) in [6.45, 7) is 7.39. The summed E-state index contributed by atoms with van der Waals surface area (Å²) >= 11 is 0. The number of nitrogens with two attached hydrogens (primary N) is 1. The van der Waals surface area contributed by atoms with E-state index in [0.717, 1.165) is 12.2 Å². The molecule has 0 aliphatic carbocycles. The summed E-state index contributed by atoms with van der Waals surface area (Å²) in [6, 6.07) is 8.02. The van der Waals surface area contributed by atoms with Crippen LogP contribution in [0, 0.1) is 0 Å². The van der Waals surface area contributed by atoms with E-state index in [1.807, 2.05) is 12.1 Å². The fourth-order valence-electron chi connectivity index (χ4n) is 1.70. The van der Waals surface area contributed by atoms with Crippen molar-refractivity contribution in [1.29, 1.82) is 0 Å². The maximum absolute atomic E-state index is 10.7. The minimum absolute atomic E-state index is 0.0891. The number of hydrogen-bond acceptors (Lipinski definition) is 4. The summed E-state index contributed by atoms with van der Waals surface area (Å²) in [5, 5.41) is 4.86. The first kappa shape index (κ1) is 17.9. The highest BCUT2D eigenvalue weighted by molar-refractivity contribution is 7.89. The van der Waals surface area contributed by atoms with Crippen molar-refractivity contribution in [3.63, 3.8) is 0 Å². The highest BCUT2D eigenvalue weighted by Gasteiger charge is 2.17. The van der Waals surface area contributed by atoms with Crippen LogP contribution in [0.5, 0.6) is 5.75 Å². The molecule has 0 fully saturated rings. The van der Waals surface area contributed by atoms with Crippen LogP contribution in [0.2, 0.25) is 0 Å². The molecular formula is C15H25NO4S. The Morgan fingerprint density at radius 3 is 2.24 bits per heavy atom. The monoisotopic (exact) mass is 315 g/mol. The summed E-state index contributed by atoms with van der Waals surface area (Å²) in [6.07, 6.45) is 1.07. The molecule has 1 rings (SSSR count). The molecule has 0 aliphatic rings. The van der Waals surface area contributed by atoms with Gasteiger partial charge >= 0.3 is 0 Å². The Morgan fingerprint density at radius 2 is 1.71 bits per heavy atom. The summed E-state index contributed by atoms with van der Waals surface area (Å²) in [5.41, 5.74) is 1.44. The van der Waals surface area contributed by atoms with Gasteiger partial charge in [-0.1, -0.05) is 32.9 Å². The van der Waals surface area contributed by atoms with Crippen LogP contribution in [0.15, 0.2) is 24.3 Å². The van der Waals surface area contributed by atoms with E-state index in [9.17, 15) is 8.42 Å². The Balaban J connectivity index is 2.31. The zero-order valence-electron chi connectivity index (χ0n) is 13.0. The fraction of sp³-hybridized carbons (Fsp3) is 0.600. The number of primary sulfonamides is 1. The van der Waals surface area contributed by atoms with Gasteiger partial charge in [-0.05, 0) is 29.5 Å². The molecule has 0 atom stereocenters. The van der Waals surface area contributed by atoms with E-state index in [-0.39, 0.29) is 17.8 Å². The second-order valence-electron chi connectivity index (χ2n) is 5.59. The Labute approximate surface area is 127 Å². The molecule has 1 aromatic rings. The Hall–Kier alpha value is -1.11. The zero-order valence-corrected chi connectivity index (χ0v) is 13.8. The average molecular weight is 315 g/mol. The number of hydrogen-bond donors (Lipinski definition) is 1. The van der Waals surface area contributed by atoms with Gasteiger partial charge in [-0.2, -0.15) is 0 Å². The molecule has 120 valence electrons. The van der Waals surface area contributed by atoms with Gasteiger partial charge in [0.15, 0.2) is 0 Å². The minimum Gasteiger partial charge on any atom is -0.491 e. The maximum atomic E-state index is 10.7. The van der Waals surface area contributed by atoms with Crippen LogP contribution in [-0.4, -0.2) is 34.0 Å². The molecule has 2 N–H and O–H groups in total.